The zero-order valence-electron chi connectivity index (χ0n) is 10.4. The van der Waals surface area contributed by atoms with Crippen molar-refractivity contribution < 1.29 is 22.3 Å². The number of ether oxygens (including phenoxy) is 1. The summed E-state index contributed by atoms with van der Waals surface area (Å²) in [5, 5.41) is 3.04. The molecule has 2 aromatic rings. The Morgan fingerprint density at radius 1 is 1.15 bits per heavy atom. The van der Waals surface area contributed by atoms with Gasteiger partial charge in [-0.1, -0.05) is 12.1 Å². The highest BCUT2D eigenvalue weighted by molar-refractivity contribution is 9.10. The van der Waals surface area contributed by atoms with Crippen LogP contribution in [0.2, 0.25) is 0 Å². The second kappa shape index (κ2) is 5.88. The van der Waals surface area contributed by atoms with Crippen molar-refractivity contribution >= 4 is 15.9 Å². The average Bonchev–Trinajstić information content (AvgIpc) is 2.77. The van der Waals surface area contributed by atoms with E-state index in [4.69, 9.17) is 4.42 Å². The normalized spacial score (nSPS) is 13.2. The molecule has 0 amide bonds. The van der Waals surface area contributed by atoms with E-state index >= 15 is 0 Å². The van der Waals surface area contributed by atoms with E-state index in [2.05, 4.69) is 26.0 Å². The van der Waals surface area contributed by atoms with Crippen molar-refractivity contribution in [2.45, 2.75) is 12.4 Å². The number of hydrogen-bond donors (Lipinski definition) is 1. The molecule has 0 aliphatic carbocycles. The van der Waals surface area contributed by atoms with Crippen LogP contribution < -0.4 is 10.1 Å². The lowest BCUT2D eigenvalue weighted by Crippen LogP contribution is -2.18. The van der Waals surface area contributed by atoms with E-state index in [9.17, 15) is 13.2 Å². The minimum atomic E-state index is -4.68. The maximum absolute atomic E-state index is 12.1. The van der Waals surface area contributed by atoms with E-state index in [1.54, 1.807) is 31.3 Å². The third-order valence-corrected chi connectivity index (χ3v) is 3.04. The fourth-order valence-electron chi connectivity index (χ4n) is 1.82. The first-order valence-corrected chi connectivity index (χ1v) is 6.46. The summed E-state index contributed by atoms with van der Waals surface area (Å²) in [7, 11) is 1.74. The molecule has 1 N–H and O–H groups in total. The van der Waals surface area contributed by atoms with E-state index in [0.29, 0.717) is 10.4 Å². The Bertz CT molecular complexity index is 566. The fraction of sp³-hybridized carbons (Fsp3) is 0.231. The quantitative estimate of drug-likeness (QED) is 0.895. The van der Waals surface area contributed by atoms with Crippen LogP contribution in [0.3, 0.4) is 0 Å². The van der Waals surface area contributed by atoms with Crippen LogP contribution in [0.5, 0.6) is 5.75 Å². The van der Waals surface area contributed by atoms with Gasteiger partial charge in [0.25, 0.3) is 0 Å². The van der Waals surface area contributed by atoms with E-state index < -0.39 is 6.36 Å². The van der Waals surface area contributed by atoms with Crippen molar-refractivity contribution in [2.75, 3.05) is 7.05 Å². The van der Waals surface area contributed by atoms with Crippen LogP contribution in [0.25, 0.3) is 0 Å². The van der Waals surface area contributed by atoms with Gasteiger partial charge < -0.3 is 14.5 Å². The van der Waals surface area contributed by atoms with Crippen LogP contribution >= 0.6 is 15.9 Å². The van der Waals surface area contributed by atoms with Crippen molar-refractivity contribution in [1.29, 1.82) is 0 Å². The number of nitrogens with one attached hydrogen (secondary N) is 1. The predicted molar refractivity (Wildman–Crippen MR) is 70.4 cm³/mol. The molecule has 0 aliphatic rings. The molecule has 20 heavy (non-hydrogen) atoms. The van der Waals surface area contributed by atoms with Gasteiger partial charge in [-0.3, -0.25) is 0 Å². The monoisotopic (exact) mass is 349 g/mol. The lowest BCUT2D eigenvalue weighted by molar-refractivity contribution is -0.274. The number of alkyl halides is 3. The Labute approximate surface area is 121 Å². The van der Waals surface area contributed by atoms with Crippen LogP contribution in [-0.2, 0) is 0 Å². The molecule has 1 unspecified atom stereocenters. The molecule has 2 rings (SSSR count). The maximum atomic E-state index is 12.1. The highest BCUT2D eigenvalue weighted by Gasteiger charge is 2.31. The van der Waals surface area contributed by atoms with Gasteiger partial charge in [-0.15, -0.1) is 13.2 Å². The Balaban J connectivity index is 2.19. The smallest absolute Gasteiger partial charge is 0.452 e. The van der Waals surface area contributed by atoms with Crippen LogP contribution in [0.4, 0.5) is 13.2 Å². The zero-order valence-corrected chi connectivity index (χ0v) is 12.0. The third-order valence-electron chi connectivity index (χ3n) is 2.61. The van der Waals surface area contributed by atoms with Gasteiger partial charge in [0.1, 0.15) is 11.5 Å². The van der Waals surface area contributed by atoms with Gasteiger partial charge in [0.15, 0.2) is 4.67 Å². The number of furan rings is 1. The summed E-state index contributed by atoms with van der Waals surface area (Å²) in [6.45, 7) is 0. The van der Waals surface area contributed by atoms with Crippen molar-refractivity contribution in [3.8, 4) is 5.75 Å². The van der Waals surface area contributed by atoms with E-state index in [1.165, 1.54) is 12.1 Å². The second-order valence-corrected chi connectivity index (χ2v) is 4.76. The first-order chi connectivity index (χ1) is 9.39. The van der Waals surface area contributed by atoms with Crippen LogP contribution in [-0.4, -0.2) is 13.4 Å². The Morgan fingerprint density at radius 2 is 1.80 bits per heavy atom. The molecule has 0 aliphatic heterocycles. The summed E-state index contributed by atoms with van der Waals surface area (Å²) in [4.78, 5) is 0. The molecular formula is C13H11BrF3NO2. The summed E-state index contributed by atoms with van der Waals surface area (Å²) in [6, 6.07) is 8.93. The van der Waals surface area contributed by atoms with Gasteiger partial charge in [0.2, 0.25) is 0 Å². The molecule has 3 nitrogen and oxygen atoms in total. The zero-order chi connectivity index (χ0) is 14.8. The molecule has 0 bridgehead atoms. The Hall–Kier alpha value is -1.47. The molecule has 1 aromatic carbocycles. The summed E-state index contributed by atoms with van der Waals surface area (Å²) in [6.07, 6.45) is -4.68. The highest BCUT2D eigenvalue weighted by Crippen LogP contribution is 2.28. The molecule has 1 heterocycles. The average molecular weight is 350 g/mol. The largest absolute Gasteiger partial charge is 0.573 e. The molecule has 7 heteroatoms. The Kier molecular flexibility index (Phi) is 4.39. The molecule has 108 valence electrons. The van der Waals surface area contributed by atoms with E-state index in [1.807, 2.05) is 0 Å². The summed E-state index contributed by atoms with van der Waals surface area (Å²) < 4.78 is 46.1. The summed E-state index contributed by atoms with van der Waals surface area (Å²) in [5.74, 6) is 0.403. The summed E-state index contributed by atoms with van der Waals surface area (Å²) in [5.41, 5.74) is 0.767. The van der Waals surface area contributed by atoms with Crippen LogP contribution in [0.1, 0.15) is 17.4 Å². The predicted octanol–water partition coefficient (Wildman–Crippen LogP) is 4.25. The Morgan fingerprint density at radius 3 is 2.25 bits per heavy atom. The van der Waals surface area contributed by atoms with Crippen molar-refractivity contribution in [3.63, 3.8) is 0 Å². The second-order valence-electron chi connectivity index (χ2n) is 3.98. The minimum absolute atomic E-state index is 0.249. The number of rotatable bonds is 4. The molecule has 0 saturated carbocycles. The van der Waals surface area contributed by atoms with Crippen molar-refractivity contribution in [2.24, 2.45) is 0 Å². The lowest BCUT2D eigenvalue weighted by atomic mass is 10.0. The molecule has 1 aromatic heterocycles. The summed E-state index contributed by atoms with van der Waals surface area (Å²) >= 11 is 3.21. The first-order valence-electron chi connectivity index (χ1n) is 5.67. The number of benzene rings is 1. The van der Waals surface area contributed by atoms with E-state index in [0.717, 1.165) is 5.56 Å². The van der Waals surface area contributed by atoms with Crippen molar-refractivity contribution in [1.82, 2.24) is 5.32 Å². The molecule has 1 atom stereocenters. The topological polar surface area (TPSA) is 34.4 Å². The van der Waals surface area contributed by atoms with Gasteiger partial charge in [-0.05, 0) is 52.8 Å². The highest BCUT2D eigenvalue weighted by atomic mass is 79.9. The van der Waals surface area contributed by atoms with Crippen molar-refractivity contribution in [3.05, 3.63) is 52.4 Å². The third kappa shape index (κ3) is 3.77. The molecule has 0 spiro atoms. The minimum Gasteiger partial charge on any atom is -0.452 e. The number of hydrogen-bond acceptors (Lipinski definition) is 3. The SMILES string of the molecule is CNC(c1ccc(OC(F)(F)F)cc1)c1ccc(Br)o1. The maximum Gasteiger partial charge on any atom is 0.573 e. The lowest BCUT2D eigenvalue weighted by Gasteiger charge is -2.15. The van der Waals surface area contributed by atoms with Gasteiger partial charge in [0, 0.05) is 0 Å². The van der Waals surface area contributed by atoms with Gasteiger partial charge in [-0.2, -0.15) is 0 Å². The van der Waals surface area contributed by atoms with Crippen LogP contribution in [0.15, 0.2) is 45.5 Å². The molecule has 0 radical (unpaired) electrons. The van der Waals surface area contributed by atoms with E-state index in [-0.39, 0.29) is 11.8 Å². The van der Waals surface area contributed by atoms with Gasteiger partial charge in [0.05, 0.1) is 6.04 Å². The van der Waals surface area contributed by atoms with Crippen LogP contribution in [0, 0.1) is 0 Å². The molecule has 0 saturated heterocycles. The molecular weight excluding hydrogens is 339 g/mol. The first kappa shape index (κ1) is 14.9. The fourth-order valence-corrected chi connectivity index (χ4v) is 2.14. The molecule has 0 fully saturated rings. The standard InChI is InChI=1S/C13H11BrF3NO2/c1-18-12(10-6-7-11(14)19-10)8-2-4-9(5-3-8)20-13(15,16)17/h2-7,12,18H,1H3. The van der Waals surface area contributed by atoms with Gasteiger partial charge >= 0.3 is 6.36 Å². The van der Waals surface area contributed by atoms with Gasteiger partial charge in [-0.25, -0.2) is 0 Å². The number of halogens is 4.